The molecule has 8 heteroatoms. The van der Waals surface area contributed by atoms with Crippen molar-refractivity contribution in [2.75, 3.05) is 14.2 Å². The molecular weight excluding hydrogens is 386 g/mol. The van der Waals surface area contributed by atoms with Crippen LogP contribution in [0.25, 0.3) is 16.9 Å². The van der Waals surface area contributed by atoms with Gasteiger partial charge in [0.15, 0.2) is 11.5 Å². The molecule has 2 aromatic heterocycles. The maximum absolute atomic E-state index is 7.98. The van der Waals surface area contributed by atoms with Crippen LogP contribution in [0.2, 0.25) is 0 Å². The van der Waals surface area contributed by atoms with Gasteiger partial charge in [-0.05, 0) is 35.7 Å². The van der Waals surface area contributed by atoms with E-state index in [9.17, 15) is 0 Å². The molecule has 1 aliphatic rings. The quantitative estimate of drug-likeness (QED) is 0.540. The number of pyridine rings is 1. The topological polar surface area (TPSA) is 97.7 Å². The lowest BCUT2D eigenvalue weighted by molar-refractivity contribution is 0.355. The van der Waals surface area contributed by atoms with Crippen LogP contribution in [-0.4, -0.2) is 29.8 Å². The molecule has 0 bridgehead atoms. The number of hydrogen-bond acceptors (Lipinski definition) is 7. The second-order valence-corrected chi connectivity index (χ2v) is 7.37. The van der Waals surface area contributed by atoms with Gasteiger partial charge >= 0.3 is 0 Å². The van der Waals surface area contributed by atoms with Gasteiger partial charge in [0.1, 0.15) is 11.0 Å². The maximum Gasteiger partial charge on any atom is 0.161 e. The third kappa shape index (κ3) is 3.42. The fraction of sp³-hybridized carbons (Fsp3) is 0.143. The first kappa shape index (κ1) is 18.9. The summed E-state index contributed by atoms with van der Waals surface area (Å²) in [5.74, 6) is 1.21. The van der Waals surface area contributed by atoms with Crippen LogP contribution in [0.4, 0.5) is 0 Å². The van der Waals surface area contributed by atoms with Gasteiger partial charge in [0.25, 0.3) is 0 Å². The third-order valence-corrected chi connectivity index (χ3v) is 5.72. The predicted octanol–water partition coefficient (Wildman–Crippen LogP) is 3.63. The summed E-state index contributed by atoms with van der Waals surface area (Å²) in [5, 5.41) is 13.4. The SMILES string of the molecule is COc1ccc(C(N)=C(C=N)c2ccc3ncc(C4NC=CS4)n3c2)cc1OC. The largest absolute Gasteiger partial charge is 0.493 e. The number of methoxy groups -OCH3 is 2. The molecule has 3 heterocycles. The number of hydrogen-bond donors (Lipinski definition) is 3. The molecule has 0 saturated carbocycles. The van der Waals surface area contributed by atoms with E-state index in [4.69, 9.17) is 20.6 Å². The van der Waals surface area contributed by atoms with Gasteiger partial charge in [0.2, 0.25) is 0 Å². The molecule has 1 atom stereocenters. The molecule has 29 heavy (non-hydrogen) atoms. The van der Waals surface area contributed by atoms with Crippen molar-refractivity contribution in [1.82, 2.24) is 14.7 Å². The van der Waals surface area contributed by atoms with E-state index in [1.54, 1.807) is 32.0 Å². The molecular formula is C21H21N5O2S. The van der Waals surface area contributed by atoms with Crippen LogP contribution in [0.3, 0.4) is 0 Å². The van der Waals surface area contributed by atoms with E-state index in [0.717, 1.165) is 22.5 Å². The molecule has 4 N–H and O–H groups in total. The smallest absolute Gasteiger partial charge is 0.161 e. The minimum atomic E-state index is 0.107. The van der Waals surface area contributed by atoms with Crippen LogP contribution in [0.15, 0.2) is 54.3 Å². The molecule has 148 valence electrons. The highest BCUT2D eigenvalue weighted by Gasteiger charge is 2.18. The zero-order valence-electron chi connectivity index (χ0n) is 16.0. The molecule has 0 radical (unpaired) electrons. The highest BCUT2D eigenvalue weighted by atomic mass is 32.2. The van der Waals surface area contributed by atoms with Crippen LogP contribution in [0.5, 0.6) is 11.5 Å². The zero-order valence-corrected chi connectivity index (χ0v) is 16.9. The monoisotopic (exact) mass is 407 g/mol. The zero-order chi connectivity index (χ0) is 20.4. The number of fused-ring (bicyclic) bond motifs is 1. The van der Waals surface area contributed by atoms with Crippen LogP contribution < -0.4 is 20.5 Å². The number of aromatic nitrogens is 2. The molecule has 7 nitrogen and oxygen atoms in total. The van der Waals surface area contributed by atoms with Gasteiger partial charge in [-0.3, -0.25) is 0 Å². The summed E-state index contributed by atoms with van der Waals surface area (Å²) >= 11 is 1.69. The molecule has 0 fully saturated rings. The van der Waals surface area contributed by atoms with E-state index in [2.05, 4.69) is 10.3 Å². The summed E-state index contributed by atoms with van der Waals surface area (Å²) in [6.45, 7) is 0. The molecule has 3 aromatic rings. The van der Waals surface area contributed by atoms with Crippen LogP contribution in [0.1, 0.15) is 22.2 Å². The number of nitrogens with two attached hydrogens (primary N) is 1. The van der Waals surface area contributed by atoms with Crippen LogP contribution in [-0.2, 0) is 0 Å². The Hall–Kier alpha value is -3.39. The summed E-state index contributed by atoms with van der Waals surface area (Å²) < 4.78 is 12.7. The molecule has 0 aliphatic carbocycles. The second-order valence-electron chi connectivity index (χ2n) is 6.36. The highest BCUT2D eigenvalue weighted by Crippen LogP contribution is 2.33. The lowest BCUT2D eigenvalue weighted by Gasteiger charge is -2.14. The van der Waals surface area contributed by atoms with E-state index >= 15 is 0 Å². The average molecular weight is 407 g/mol. The van der Waals surface area contributed by atoms with Gasteiger partial charge in [0.05, 0.1) is 26.1 Å². The second kappa shape index (κ2) is 7.92. The van der Waals surface area contributed by atoms with Crippen molar-refractivity contribution >= 4 is 34.9 Å². The van der Waals surface area contributed by atoms with E-state index in [0.29, 0.717) is 22.8 Å². The Morgan fingerprint density at radius 1 is 1.21 bits per heavy atom. The third-order valence-electron chi connectivity index (χ3n) is 4.77. The number of nitrogens with one attached hydrogen (secondary N) is 2. The van der Waals surface area contributed by atoms with Crippen LogP contribution in [0, 0.1) is 5.41 Å². The van der Waals surface area contributed by atoms with Gasteiger partial charge in [-0.1, -0.05) is 0 Å². The predicted molar refractivity (Wildman–Crippen MR) is 117 cm³/mol. The van der Waals surface area contributed by atoms with Crippen molar-refractivity contribution in [3.05, 3.63) is 71.2 Å². The summed E-state index contributed by atoms with van der Waals surface area (Å²) in [6.07, 6.45) is 7.03. The molecule has 0 amide bonds. The van der Waals surface area contributed by atoms with Crippen molar-refractivity contribution in [1.29, 1.82) is 5.41 Å². The van der Waals surface area contributed by atoms with Gasteiger partial charge in [-0.2, -0.15) is 0 Å². The Bertz CT molecular complexity index is 1130. The molecule has 0 saturated heterocycles. The van der Waals surface area contributed by atoms with E-state index in [1.165, 1.54) is 6.21 Å². The Morgan fingerprint density at radius 3 is 2.69 bits per heavy atom. The Kier molecular flexibility index (Phi) is 5.18. The van der Waals surface area contributed by atoms with Gasteiger partial charge in [0, 0.05) is 41.0 Å². The Morgan fingerprint density at radius 2 is 2.00 bits per heavy atom. The normalized spacial score (nSPS) is 16.4. The van der Waals surface area contributed by atoms with Crippen molar-refractivity contribution in [2.24, 2.45) is 5.73 Å². The number of thioether (sulfide) groups is 1. The summed E-state index contributed by atoms with van der Waals surface area (Å²) in [6, 6.07) is 9.32. The minimum absolute atomic E-state index is 0.107. The average Bonchev–Trinajstić information content (AvgIpc) is 3.43. The van der Waals surface area contributed by atoms with E-state index in [1.807, 2.05) is 52.7 Å². The van der Waals surface area contributed by atoms with Crippen molar-refractivity contribution in [3.63, 3.8) is 0 Å². The summed E-state index contributed by atoms with van der Waals surface area (Å²) in [4.78, 5) is 4.48. The number of allylic oxidation sites excluding steroid dienone is 1. The maximum atomic E-state index is 7.98. The fourth-order valence-electron chi connectivity index (χ4n) is 3.27. The molecule has 4 rings (SSSR count). The number of rotatable bonds is 6. The first-order valence-electron chi connectivity index (χ1n) is 8.92. The number of nitrogens with zero attached hydrogens (tertiary/aromatic N) is 2. The van der Waals surface area contributed by atoms with Crippen molar-refractivity contribution in [3.8, 4) is 11.5 Å². The summed E-state index contributed by atoms with van der Waals surface area (Å²) in [7, 11) is 3.17. The molecule has 1 aromatic carbocycles. The first-order chi connectivity index (χ1) is 14.2. The van der Waals surface area contributed by atoms with Gasteiger partial charge in [-0.15, -0.1) is 11.8 Å². The lowest BCUT2D eigenvalue weighted by atomic mass is 10.0. The highest BCUT2D eigenvalue weighted by molar-refractivity contribution is 8.02. The molecule has 0 spiro atoms. The molecule has 1 unspecified atom stereocenters. The first-order valence-corrected chi connectivity index (χ1v) is 9.87. The lowest BCUT2D eigenvalue weighted by Crippen LogP contribution is -2.10. The van der Waals surface area contributed by atoms with Crippen LogP contribution >= 0.6 is 11.8 Å². The minimum Gasteiger partial charge on any atom is -0.493 e. The van der Waals surface area contributed by atoms with Crippen molar-refractivity contribution in [2.45, 2.75) is 5.37 Å². The number of benzene rings is 1. The van der Waals surface area contributed by atoms with E-state index in [-0.39, 0.29) is 5.37 Å². The molecule has 1 aliphatic heterocycles. The number of imidazole rings is 1. The van der Waals surface area contributed by atoms with E-state index < -0.39 is 0 Å². The van der Waals surface area contributed by atoms with Gasteiger partial charge in [-0.25, -0.2) is 4.98 Å². The van der Waals surface area contributed by atoms with Gasteiger partial charge < -0.3 is 30.3 Å². The Labute approximate surface area is 172 Å². The standard InChI is InChI=1S/C21H21N5O2S/c1-27-17-5-3-13(9-18(17)28-2)20(23)15(10-22)14-4-6-19-25-11-16(26(19)12-14)21-24-7-8-29-21/h3-12,21-22,24H,23H2,1-2H3. The summed E-state index contributed by atoms with van der Waals surface area (Å²) in [5.41, 5.74) is 11.0. The fourth-order valence-corrected chi connectivity index (χ4v) is 4.05. The Balaban J connectivity index is 1.79. The number of ether oxygens (including phenoxy) is 2. The van der Waals surface area contributed by atoms with Crippen molar-refractivity contribution < 1.29 is 9.47 Å².